The topological polar surface area (TPSA) is 124 Å². The number of sulfonamides is 1. The van der Waals surface area contributed by atoms with Crippen LogP contribution in [-0.4, -0.2) is 48.2 Å². The molecule has 0 aliphatic carbocycles. The van der Waals surface area contributed by atoms with Crippen molar-refractivity contribution >= 4 is 44.9 Å². The van der Waals surface area contributed by atoms with Crippen molar-refractivity contribution in [2.24, 2.45) is 0 Å². The van der Waals surface area contributed by atoms with Gasteiger partial charge in [-0.05, 0) is 42.7 Å². The van der Waals surface area contributed by atoms with Crippen molar-refractivity contribution in [3.05, 3.63) is 46.1 Å². The van der Waals surface area contributed by atoms with Gasteiger partial charge in [0.1, 0.15) is 10.3 Å². The number of nitrogens with zero attached hydrogens (tertiary/aromatic N) is 3. The highest BCUT2D eigenvalue weighted by molar-refractivity contribution is 7.91. The Morgan fingerprint density at radius 2 is 2.06 bits per heavy atom. The van der Waals surface area contributed by atoms with Crippen LogP contribution < -0.4 is 14.8 Å². The highest BCUT2D eigenvalue weighted by atomic mass is 35.5. The molecule has 1 amide bonds. The zero-order valence-corrected chi connectivity index (χ0v) is 18.9. The number of thiophene rings is 1. The van der Waals surface area contributed by atoms with Gasteiger partial charge in [-0.15, -0.1) is 16.4 Å². The molecule has 1 saturated heterocycles. The Hall–Kier alpha value is -2.67. The minimum absolute atomic E-state index is 0.0887. The third-order valence-corrected chi connectivity index (χ3v) is 8.71. The molecule has 5 rings (SSSR count). The number of halogens is 1. The van der Waals surface area contributed by atoms with Gasteiger partial charge in [0.05, 0.1) is 10.8 Å². The van der Waals surface area contributed by atoms with Gasteiger partial charge in [-0.1, -0.05) is 22.8 Å². The molecule has 1 N–H and O–H groups in total. The lowest BCUT2D eigenvalue weighted by Gasteiger charge is -2.21. The zero-order valence-electron chi connectivity index (χ0n) is 16.5. The van der Waals surface area contributed by atoms with Gasteiger partial charge in [-0.2, -0.15) is 4.31 Å². The van der Waals surface area contributed by atoms with Crippen molar-refractivity contribution in [2.45, 2.75) is 29.5 Å². The van der Waals surface area contributed by atoms with E-state index < -0.39 is 22.0 Å². The molecule has 168 valence electrons. The molecule has 13 heteroatoms. The fourth-order valence-corrected chi connectivity index (χ4v) is 6.90. The molecule has 10 nitrogen and oxygen atoms in total. The van der Waals surface area contributed by atoms with Gasteiger partial charge in [-0.25, -0.2) is 8.42 Å². The number of nitrogens with one attached hydrogen (secondary N) is 1. The summed E-state index contributed by atoms with van der Waals surface area (Å²) in [6, 6.07) is 7.48. The van der Waals surface area contributed by atoms with Gasteiger partial charge in [0.2, 0.25) is 18.6 Å². The Morgan fingerprint density at radius 1 is 1.22 bits per heavy atom. The Bertz CT molecular complexity index is 1270. The molecule has 1 unspecified atom stereocenters. The zero-order chi connectivity index (χ0) is 22.3. The monoisotopic (exact) mass is 496 g/mol. The third-order valence-electron chi connectivity index (χ3n) is 5.11. The summed E-state index contributed by atoms with van der Waals surface area (Å²) < 4.78 is 43.7. The fourth-order valence-electron chi connectivity index (χ4n) is 3.63. The number of ether oxygens (including phenoxy) is 2. The molecule has 0 bridgehead atoms. The Balaban J connectivity index is 1.26. The highest BCUT2D eigenvalue weighted by Crippen LogP contribution is 2.34. The number of carbonyl (C=O) groups is 1. The maximum atomic E-state index is 12.9. The van der Waals surface area contributed by atoms with E-state index >= 15 is 0 Å². The number of carbonyl (C=O) groups excluding carboxylic acids is 1. The molecule has 1 fully saturated rings. The molecule has 1 aromatic carbocycles. The van der Waals surface area contributed by atoms with E-state index in [0.717, 1.165) is 16.9 Å². The first-order valence-electron chi connectivity index (χ1n) is 9.69. The minimum Gasteiger partial charge on any atom is -0.454 e. The van der Waals surface area contributed by atoms with Gasteiger partial charge in [0, 0.05) is 6.54 Å². The molecule has 0 radical (unpaired) electrons. The molecular weight excluding hydrogens is 480 g/mol. The van der Waals surface area contributed by atoms with Crippen molar-refractivity contribution < 1.29 is 27.1 Å². The van der Waals surface area contributed by atoms with Crippen molar-refractivity contribution in [3.63, 3.8) is 0 Å². The number of rotatable bonds is 6. The standard InChI is InChI=1S/C19H17ClN4O6S2/c20-15-5-6-17(31-15)32(26,27)24-7-1-2-12(24)18(25)21-19-23-22-16(30-19)9-11-3-4-13-14(8-11)29-10-28-13/h3-6,8,12H,1-2,7,9-10H2,(H,21,23,25). The second kappa shape index (κ2) is 8.35. The van der Waals surface area contributed by atoms with Crippen LogP contribution in [0.2, 0.25) is 4.34 Å². The first-order valence-corrected chi connectivity index (χ1v) is 12.3. The lowest BCUT2D eigenvalue weighted by molar-refractivity contribution is -0.119. The van der Waals surface area contributed by atoms with E-state index in [9.17, 15) is 13.2 Å². The number of anilines is 1. The second-order valence-electron chi connectivity index (χ2n) is 7.19. The number of hydrogen-bond acceptors (Lipinski definition) is 9. The summed E-state index contributed by atoms with van der Waals surface area (Å²) in [5.74, 6) is 1.09. The van der Waals surface area contributed by atoms with Crippen LogP contribution in [-0.2, 0) is 21.2 Å². The molecular formula is C19H17ClN4O6S2. The molecule has 2 aliphatic rings. The number of benzene rings is 1. The van der Waals surface area contributed by atoms with Crippen LogP contribution in [0.25, 0.3) is 0 Å². The van der Waals surface area contributed by atoms with E-state index in [1.54, 1.807) is 6.07 Å². The SMILES string of the molecule is O=C(Nc1nnc(Cc2ccc3c(c2)OCO3)o1)C1CCCN1S(=O)(=O)c1ccc(Cl)s1. The van der Waals surface area contributed by atoms with Crippen LogP contribution in [0, 0.1) is 0 Å². The number of fused-ring (bicyclic) bond motifs is 1. The average molecular weight is 497 g/mol. The van der Waals surface area contributed by atoms with E-state index in [1.165, 1.54) is 16.4 Å². The maximum absolute atomic E-state index is 12.9. The maximum Gasteiger partial charge on any atom is 0.322 e. The average Bonchev–Trinajstić information content (AvgIpc) is 3.55. The van der Waals surface area contributed by atoms with Crippen molar-refractivity contribution in [1.82, 2.24) is 14.5 Å². The fraction of sp³-hybridized carbons (Fsp3) is 0.316. The molecule has 0 spiro atoms. The summed E-state index contributed by atoms with van der Waals surface area (Å²) in [4.78, 5) is 12.8. The van der Waals surface area contributed by atoms with Gasteiger partial charge >= 0.3 is 6.01 Å². The summed E-state index contributed by atoms with van der Waals surface area (Å²) in [7, 11) is -3.83. The molecule has 3 aromatic rings. The lowest BCUT2D eigenvalue weighted by atomic mass is 10.1. The number of amides is 1. The number of aromatic nitrogens is 2. The lowest BCUT2D eigenvalue weighted by Crippen LogP contribution is -2.42. The minimum atomic E-state index is -3.83. The molecule has 0 saturated carbocycles. The molecule has 1 atom stereocenters. The van der Waals surface area contributed by atoms with Crippen molar-refractivity contribution in [1.29, 1.82) is 0 Å². The quantitative estimate of drug-likeness (QED) is 0.552. The van der Waals surface area contributed by atoms with E-state index in [-0.39, 0.29) is 23.6 Å². The largest absolute Gasteiger partial charge is 0.454 e. The Morgan fingerprint density at radius 3 is 2.88 bits per heavy atom. The predicted octanol–water partition coefficient (Wildman–Crippen LogP) is 2.90. The smallest absolute Gasteiger partial charge is 0.322 e. The molecule has 2 aromatic heterocycles. The van der Waals surface area contributed by atoms with Crippen LogP contribution in [0.4, 0.5) is 6.01 Å². The third kappa shape index (κ3) is 4.06. The summed E-state index contributed by atoms with van der Waals surface area (Å²) in [5, 5.41) is 10.3. The van der Waals surface area contributed by atoms with Crippen LogP contribution in [0.1, 0.15) is 24.3 Å². The first-order chi connectivity index (χ1) is 15.4. The molecule has 2 aliphatic heterocycles. The van der Waals surface area contributed by atoms with E-state index in [4.69, 9.17) is 25.5 Å². The molecule has 4 heterocycles. The second-order valence-corrected chi connectivity index (χ2v) is 11.0. The Kier molecular flexibility index (Phi) is 5.53. The summed E-state index contributed by atoms with van der Waals surface area (Å²) in [6.07, 6.45) is 1.29. The summed E-state index contributed by atoms with van der Waals surface area (Å²) in [6.45, 7) is 0.429. The van der Waals surface area contributed by atoms with Crippen LogP contribution in [0.3, 0.4) is 0 Å². The van der Waals surface area contributed by atoms with E-state index in [1.807, 2.05) is 12.1 Å². The first kappa shape index (κ1) is 21.2. The van der Waals surface area contributed by atoms with Crippen LogP contribution in [0.5, 0.6) is 11.5 Å². The van der Waals surface area contributed by atoms with Gasteiger partial charge in [0.25, 0.3) is 10.0 Å². The molecule has 32 heavy (non-hydrogen) atoms. The Labute approximate surface area is 192 Å². The summed E-state index contributed by atoms with van der Waals surface area (Å²) >= 11 is 6.84. The van der Waals surface area contributed by atoms with Crippen LogP contribution >= 0.6 is 22.9 Å². The van der Waals surface area contributed by atoms with Crippen LogP contribution in [0.15, 0.2) is 39.0 Å². The van der Waals surface area contributed by atoms with Gasteiger partial charge in [0.15, 0.2) is 11.5 Å². The normalized spacial score (nSPS) is 18.2. The predicted molar refractivity (Wildman–Crippen MR) is 115 cm³/mol. The van der Waals surface area contributed by atoms with E-state index in [0.29, 0.717) is 41.0 Å². The highest BCUT2D eigenvalue weighted by Gasteiger charge is 2.40. The van der Waals surface area contributed by atoms with E-state index in [2.05, 4.69) is 15.5 Å². The van der Waals surface area contributed by atoms with Gasteiger partial charge < -0.3 is 13.9 Å². The summed E-state index contributed by atoms with van der Waals surface area (Å²) in [5.41, 5.74) is 0.874. The van der Waals surface area contributed by atoms with Gasteiger partial charge in [-0.3, -0.25) is 10.1 Å². The van der Waals surface area contributed by atoms with Crippen molar-refractivity contribution in [3.8, 4) is 11.5 Å². The number of hydrogen-bond donors (Lipinski definition) is 1. The van der Waals surface area contributed by atoms with Crippen molar-refractivity contribution in [2.75, 3.05) is 18.7 Å².